The van der Waals surface area contributed by atoms with E-state index in [1.807, 2.05) is 25.2 Å². The Morgan fingerprint density at radius 3 is 2.80 bits per heavy atom. The SMILES string of the molecule is Cc1ccsc1CCNCC(C)(C)C#N. The maximum atomic E-state index is 8.83. The normalized spacial score (nSPS) is 11.3. The first-order valence-electron chi connectivity index (χ1n) is 5.20. The van der Waals surface area contributed by atoms with Crippen LogP contribution in [-0.4, -0.2) is 13.1 Å². The van der Waals surface area contributed by atoms with Crippen molar-refractivity contribution in [2.75, 3.05) is 13.1 Å². The second-order valence-electron chi connectivity index (χ2n) is 4.45. The number of rotatable bonds is 5. The maximum Gasteiger partial charge on any atom is 0.0697 e. The van der Waals surface area contributed by atoms with E-state index in [1.165, 1.54) is 10.4 Å². The van der Waals surface area contributed by atoms with Gasteiger partial charge in [-0.05, 0) is 44.2 Å². The minimum atomic E-state index is -0.259. The Balaban J connectivity index is 2.24. The highest BCUT2D eigenvalue weighted by molar-refractivity contribution is 7.10. The second kappa shape index (κ2) is 5.29. The van der Waals surface area contributed by atoms with E-state index in [-0.39, 0.29) is 5.41 Å². The highest BCUT2D eigenvalue weighted by Gasteiger charge is 2.15. The minimum Gasteiger partial charge on any atom is -0.315 e. The molecule has 0 saturated heterocycles. The molecule has 0 spiro atoms. The lowest BCUT2D eigenvalue weighted by molar-refractivity contribution is 0.448. The van der Waals surface area contributed by atoms with Crippen LogP contribution in [0.5, 0.6) is 0 Å². The number of hydrogen-bond acceptors (Lipinski definition) is 3. The van der Waals surface area contributed by atoms with Gasteiger partial charge in [0.05, 0.1) is 11.5 Å². The summed E-state index contributed by atoms with van der Waals surface area (Å²) in [6, 6.07) is 4.44. The molecule has 1 aromatic heterocycles. The molecule has 0 radical (unpaired) electrons. The van der Waals surface area contributed by atoms with E-state index in [2.05, 4.69) is 29.8 Å². The van der Waals surface area contributed by atoms with Crippen molar-refractivity contribution in [2.45, 2.75) is 27.2 Å². The Labute approximate surface area is 95.9 Å². The van der Waals surface area contributed by atoms with Crippen molar-refractivity contribution < 1.29 is 0 Å². The minimum absolute atomic E-state index is 0.259. The van der Waals surface area contributed by atoms with E-state index in [9.17, 15) is 0 Å². The van der Waals surface area contributed by atoms with Crippen molar-refractivity contribution in [2.24, 2.45) is 5.41 Å². The van der Waals surface area contributed by atoms with E-state index in [0.717, 1.165) is 19.5 Å². The molecule has 0 aliphatic carbocycles. The molecular weight excluding hydrogens is 204 g/mol. The summed E-state index contributed by atoms with van der Waals surface area (Å²) < 4.78 is 0. The molecule has 0 saturated carbocycles. The molecule has 0 amide bonds. The molecule has 3 heteroatoms. The Morgan fingerprint density at radius 2 is 2.27 bits per heavy atom. The molecule has 0 aliphatic heterocycles. The number of nitriles is 1. The van der Waals surface area contributed by atoms with Gasteiger partial charge in [0.2, 0.25) is 0 Å². The van der Waals surface area contributed by atoms with Gasteiger partial charge in [0.25, 0.3) is 0 Å². The van der Waals surface area contributed by atoms with Crippen LogP contribution in [0.15, 0.2) is 11.4 Å². The third-order valence-corrected chi connectivity index (χ3v) is 3.45. The van der Waals surface area contributed by atoms with Gasteiger partial charge in [-0.25, -0.2) is 0 Å². The van der Waals surface area contributed by atoms with E-state index in [1.54, 1.807) is 0 Å². The van der Waals surface area contributed by atoms with Crippen LogP contribution in [0.1, 0.15) is 24.3 Å². The molecule has 0 bridgehead atoms. The monoisotopic (exact) mass is 222 g/mol. The quantitative estimate of drug-likeness (QED) is 0.778. The van der Waals surface area contributed by atoms with Crippen molar-refractivity contribution in [1.29, 1.82) is 5.26 Å². The molecule has 0 unspecified atom stereocenters. The molecule has 1 heterocycles. The van der Waals surface area contributed by atoms with Gasteiger partial charge in [-0.1, -0.05) is 0 Å². The number of thiophene rings is 1. The number of nitrogens with one attached hydrogen (secondary N) is 1. The molecule has 1 N–H and O–H groups in total. The van der Waals surface area contributed by atoms with Gasteiger partial charge in [-0.3, -0.25) is 0 Å². The summed E-state index contributed by atoms with van der Waals surface area (Å²) in [6.45, 7) is 7.76. The van der Waals surface area contributed by atoms with Gasteiger partial charge >= 0.3 is 0 Å². The summed E-state index contributed by atoms with van der Waals surface area (Å²) in [5.41, 5.74) is 1.12. The molecule has 0 aliphatic rings. The van der Waals surface area contributed by atoms with Gasteiger partial charge in [0.1, 0.15) is 0 Å². The van der Waals surface area contributed by atoms with Crippen LogP contribution >= 0.6 is 11.3 Å². The average Bonchev–Trinajstić information content (AvgIpc) is 2.59. The van der Waals surface area contributed by atoms with E-state index in [0.29, 0.717) is 0 Å². The lowest BCUT2D eigenvalue weighted by Gasteiger charge is -2.15. The third kappa shape index (κ3) is 4.03. The highest BCUT2D eigenvalue weighted by Crippen LogP contribution is 2.16. The molecule has 2 nitrogen and oxygen atoms in total. The van der Waals surface area contributed by atoms with E-state index in [4.69, 9.17) is 5.26 Å². The zero-order valence-corrected chi connectivity index (χ0v) is 10.4. The van der Waals surface area contributed by atoms with Crippen molar-refractivity contribution in [1.82, 2.24) is 5.32 Å². The van der Waals surface area contributed by atoms with Crippen molar-refractivity contribution in [3.8, 4) is 6.07 Å². The predicted octanol–water partition coefficient (Wildman–Crippen LogP) is 2.74. The van der Waals surface area contributed by atoms with Crippen LogP contribution in [0.4, 0.5) is 0 Å². The largest absolute Gasteiger partial charge is 0.315 e. The molecule has 0 fully saturated rings. The van der Waals surface area contributed by atoms with Gasteiger partial charge in [0, 0.05) is 18.0 Å². The van der Waals surface area contributed by atoms with Crippen LogP contribution in [0, 0.1) is 23.7 Å². The maximum absolute atomic E-state index is 8.83. The standard InChI is InChI=1S/C12H18N2S/c1-10-5-7-15-11(10)4-6-14-9-12(2,3)8-13/h5,7,14H,4,6,9H2,1-3H3. The number of hydrogen-bond donors (Lipinski definition) is 1. The number of aryl methyl sites for hydroxylation is 1. The summed E-state index contributed by atoms with van der Waals surface area (Å²) in [4.78, 5) is 1.44. The Kier molecular flexibility index (Phi) is 4.31. The predicted molar refractivity (Wildman–Crippen MR) is 65.0 cm³/mol. The first-order chi connectivity index (χ1) is 7.05. The summed E-state index contributed by atoms with van der Waals surface area (Å²) in [5, 5.41) is 14.3. The van der Waals surface area contributed by atoms with Crippen LogP contribution in [-0.2, 0) is 6.42 Å². The third-order valence-electron chi connectivity index (χ3n) is 2.37. The van der Waals surface area contributed by atoms with Crippen molar-refractivity contribution >= 4 is 11.3 Å². The molecule has 0 aromatic carbocycles. The average molecular weight is 222 g/mol. The molecule has 15 heavy (non-hydrogen) atoms. The Hall–Kier alpha value is -0.850. The zero-order chi connectivity index (χ0) is 11.3. The molecular formula is C12H18N2S. The summed E-state index contributed by atoms with van der Waals surface area (Å²) in [5.74, 6) is 0. The fourth-order valence-electron chi connectivity index (χ4n) is 1.30. The lowest BCUT2D eigenvalue weighted by atomic mass is 9.96. The molecule has 0 atom stereocenters. The first kappa shape index (κ1) is 12.2. The van der Waals surface area contributed by atoms with Gasteiger partial charge in [-0.2, -0.15) is 5.26 Å². The summed E-state index contributed by atoms with van der Waals surface area (Å²) in [7, 11) is 0. The Bertz CT molecular complexity index is 347. The van der Waals surface area contributed by atoms with Crippen LogP contribution in [0.3, 0.4) is 0 Å². The van der Waals surface area contributed by atoms with E-state index < -0.39 is 0 Å². The van der Waals surface area contributed by atoms with Crippen LogP contribution in [0.25, 0.3) is 0 Å². The van der Waals surface area contributed by atoms with Gasteiger partial charge in [-0.15, -0.1) is 11.3 Å². The second-order valence-corrected chi connectivity index (χ2v) is 5.45. The van der Waals surface area contributed by atoms with E-state index >= 15 is 0 Å². The van der Waals surface area contributed by atoms with Gasteiger partial charge in [0.15, 0.2) is 0 Å². The van der Waals surface area contributed by atoms with Crippen LogP contribution < -0.4 is 5.32 Å². The fraction of sp³-hybridized carbons (Fsp3) is 0.583. The van der Waals surface area contributed by atoms with Crippen molar-refractivity contribution in [3.05, 3.63) is 21.9 Å². The molecule has 1 aromatic rings. The zero-order valence-electron chi connectivity index (χ0n) is 9.63. The number of nitrogens with zero attached hydrogens (tertiary/aromatic N) is 1. The van der Waals surface area contributed by atoms with Crippen LogP contribution in [0.2, 0.25) is 0 Å². The molecule has 82 valence electrons. The fourth-order valence-corrected chi connectivity index (χ4v) is 2.21. The summed E-state index contributed by atoms with van der Waals surface area (Å²) >= 11 is 1.81. The van der Waals surface area contributed by atoms with Gasteiger partial charge < -0.3 is 5.32 Å². The lowest BCUT2D eigenvalue weighted by Crippen LogP contribution is -2.29. The van der Waals surface area contributed by atoms with Crippen molar-refractivity contribution in [3.63, 3.8) is 0 Å². The molecule has 1 rings (SSSR count). The topological polar surface area (TPSA) is 35.8 Å². The first-order valence-corrected chi connectivity index (χ1v) is 6.08. The highest BCUT2D eigenvalue weighted by atomic mass is 32.1. The Morgan fingerprint density at radius 1 is 1.53 bits per heavy atom. The smallest absolute Gasteiger partial charge is 0.0697 e. The summed E-state index contributed by atoms with van der Waals surface area (Å²) in [6.07, 6.45) is 1.06.